The number of ether oxygens (including phenoxy) is 1. The molecule has 0 bridgehead atoms. The molecule has 0 saturated heterocycles. The van der Waals surface area contributed by atoms with Gasteiger partial charge in [-0.2, -0.15) is 0 Å². The van der Waals surface area contributed by atoms with Crippen LogP contribution < -0.4 is 14.8 Å². The second-order valence-corrected chi connectivity index (χ2v) is 11.3. The van der Waals surface area contributed by atoms with Gasteiger partial charge < -0.3 is 4.74 Å². The van der Waals surface area contributed by atoms with Gasteiger partial charge in [0.15, 0.2) is 5.13 Å². The summed E-state index contributed by atoms with van der Waals surface area (Å²) < 4.78 is 9.91. The molecule has 0 radical (unpaired) electrons. The van der Waals surface area contributed by atoms with E-state index in [0.717, 1.165) is 21.5 Å². The van der Waals surface area contributed by atoms with E-state index in [-0.39, 0.29) is 16.7 Å². The molecule has 7 heteroatoms. The highest BCUT2D eigenvalue weighted by molar-refractivity contribution is 7.98. The van der Waals surface area contributed by atoms with Gasteiger partial charge in [-0.15, -0.1) is 0 Å². The monoisotopic (exact) mass is 477 g/mol. The Labute approximate surface area is 202 Å². The highest BCUT2D eigenvalue weighted by Gasteiger charge is 2.19. The van der Waals surface area contributed by atoms with Gasteiger partial charge in [-0.1, -0.05) is 65.7 Å². The van der Waals surface area contributed by atoms with E-state index >= 15 is 0 Å². The number of carbonyl (C=O) groups is 1. The van der Waals surface area contributed by atoms with Crippen molar-refractivity contribution in [2.24, 2.45) is 0 Å². The van der Waals surface area contributed by atoms with Crippen molar-refractivity contribution < 1.29 is 9.53 Å². The number of fused-ring (bicyclic) bond motifs is 1. The summed E-state index contributed by atoms with van der Waals surface area (Å²) in [6, 6.07) is 23.8. The Morgan fingerprint density at radius 3 is 2.36 bits per heavy atom. The maximum Gasteiger partial charge on any atom is 0.257 e. The Kier molecular flexibility index (Phi) is 7.02. The Hall–Kier alpha value is -2.87. The number of methoxy groups -OCH3 is 1. The van der Waals surface area contributed by atoms with E-state index < -0.39 is 0 Å². The Bertz CT molecular complexity index is 1230. The second kappa shape index (κ2) is 9.95. The molecule has 170 valence electrons. The van der Waals surface area contributed by atoms with Gasteiger partial charge >= 0.3 is 0 Å². The number of anilines is 1. The van der Waals surface area contributed by atoms with Crippen LogP contribution in [0.15, 0.2) is 72.8 Å². The fourth-order valence-electron chi connectivity index (χ4n) is 3.29. The van der Waals surface area contributed by atoms with Gasteiger partial charge in [-0.05, 0) is 62.2 Å². The molecule has 1 heterocycles. The zero-order valence-corrected chi connectivity index (χ0v) is 20.7. The fourth-order valence-corrected chi connectivity index (χ4v) is 4.92. The van der Waals surface area contributed by atoms with Crippen molar-refractivity contribution in [1.82, 2.24) is 9.71 Å². The van der Waals surface area contributed by atoms with Crippen molar-refractivity contribution in [2.45, 2.75) is 31.6 Å². The van der Waals surface area contributed by atoms with Crippen LogP contribution >= 0.6 is 23.3 Å². The van der Waals surface area contributed by atoms with Gasteiger partial charge in [-0.3, -0.25) is 14.8 Å². The molecule has 33 heavy (non-hydrogen) atoms. The molecule has 3 aromatic carbocycles. The van der Waals surface area contributed by atoms with E-state index in [2.05, 4.69) is 47.9 Å². The number of carbonyl (C=O) groups excluding carboxylic acids is 1. The number of amides is 1. The van der Waals surface area contributed by atoms with Crippen molar-refractivity contribution in [3.8, 4) is 5.75 Å². The third-order valence-electron chi connectivity index (χ3n) is 4.94. The van der Waals surface area contributed by atoms with E-state index in [9.17, 15) is 4.79 Å². The van der Waals surface area contributed by atoms with Crippen LogP contribution in [-0.4, -0.2) is 22.7 Å². The van der Waals surface area contributed by atoms with Crippen molar-refractivity contribution in [2.75, 3.05) is 12.4 Å². The maximum atomic E-state index is 12.8. The van der Waals surface area contributed by atoms with Gasteiger partial charge in [0.25, 0.3) is 5.91 Å². The second-order valence-electron chi connectivity index (χ2n) is 8.60. The number of hydrogen-bond donors (Lipinski definition) is 2. The molecule has 5 nitrogen and oxygen atoms in total. The molecule has 1 aromatic heterocycles. The van der Waals surface area contributed by atoms with Crippen LogP contribution in [-0.2, 0) is 0 Å². The number of thiazole rings is 1. The molecular formula is C26H27N3O2S2. The van der Waals surface area contributed by atoms with Crippen LogP contribution in [0.1, 0.15) is 48.3 Å². The number of benzene rings is 3. The number of nitrogens with zero attached hydrogens (tertiary/aromatic N) is 1. The number of nitrogens with one attached hydrogen (secondary N) is 2. The van der Waals surface area contributed by atoms with Crippen LogP contribution in [0.25, 0.3) is 10.2 Å². The maximum absolute atomic E-state index is 12.8. The summed E-state index contributed by atoms with van der Waals surface area (Å²) in [6.07, 6.45) is 0. The lowest BCUT2D eigenvalue weighted by Crippen LogP contribution is -2.22. The SMILES string of the molecule is COc1ccc2nc(NC(=O)c3ccc([C@@H](NSC(C)(C)C)c4ccccc4)cc3)sc2c1. The number of rotatable bonds is 7. The van der Waals surface area contributed by atoms with Crippen molar-refractivity contribution in [3.63, 3.8) is 0 Å². The average molecular weight is 478 g/mol. The van der Waals surface area contributed by atoms with Gasteiger partial charge in [0.1, 0.15) is 5.75 Å². The lowest BCUT2D eigenvalue weighted by Gasteiger charge is -2.25. The van der Waals surface area contributed by atoms with Crippen molar-refractivity contribution in [3.05, 3.63) is 89.5 Å². The number of aromatic nitrogens is 1. The largest absolute Gasteiger partial charge is 0.497 e. The smallest absolute Gasteiger partial charge is 0.257 e. The standard InChI is InChI=1S/C26H27N3O2S2/c1-26(2,3)33-29-23(17-8-6-5-7-9-17)18-10-12-19(13-11-18)24(30)28-25-27-21-15-14-20(31-4)16-22(21)32-25/h5-16,23,29H,1-4H3,(H,27,28,30)/t23-/m0/s1. The molecule has 4 rings (SSSR count). The summed E-state index contributed by atoms with van der Waals surface area (Å²) in [4.78, 5) is 17.3. The predicted molar refractivity (Wildman–Crippen MR) is 139 cm³/mol. The number of hydrogen-bond acceptors (Lipinski definition) is 6. The van der Waals surface area contributed by atoms with E-state index in [1.165, 1.54) is 16.9 Å². The minimum absolute atomic E-state index is 0.0202. The Morgan fingerprint density at radius 2 is 1.70 bits per heavy atom. The molecule has 2 N–H and O–H groups in total. The summed E-state index contributed by atoms with van der Waals surface area (Å²) in [6.45, 7) is 6.54. The molecule has 0 saturated carbocycles. The van der Waals surface area contributed by atoms with Gasteiger partial charge in [0, 0.05) is 10.3 Å². The molecule has 0 unspecified atom stereocenters. The van der Waals surface area contributed by atoms with Crippen LogP contribution in [0.2, 0.25) is 0 Å². The quantitative estimate of drug-likeness (QED) is 0.291. The average Bonchev–Trinajstić information content (AvgIpc) is 3.21. The first kappa shape index (κ1) is 23.3. The van der Waals surface area contributed by atoms with E-state index in [1.54, 1.807) is 19.1 Å². The first-order valence-electron chi connectivity index (χ1n) is 10.7. The summed E-state index contributed by atoms with van der Waals surface area (Å²) in [5.74, 6) is 0.590. The molecule has 1 amide bonds. The lowest BCUT2D eigenvalue weighted by molar-refractivity contribution is 0.102. The van der Waals surface area contributed by atoms with Crippen LogP contribution in [0.5, 0.6) is 5.75 Å². The van der Waals surface area contributed by atoms with Gasteiger partial charge in [-0.25, -0.2) is 4.98 Å². The molecule has 0 aliphatic heterocycles. The van der Waals surface area contributed by atoms with Crippen LogP contribution in [0.3, 0.4) is 0 Å². The summed E-state index contributed by atoms with van der Waals surface area (Å²) in [5.41, 5.74) is 3.70. The van der Waals surface area contributed by atoms with E-state index in [0.29, 0.717) is 10.7 Å². The third-order valence-corrected chi connectivity index (χ3v) is 6.84. The van der Waals surface area contributed by atoms with Gasteiger partial charge in [0.05, 0.1) is 23.4 Å². The summed E-state index contributed by atoms with van der Waals surface area (Å²) in [7, 11) is 1.63. The molecule has 0 aliphatic rings. The minimum Gasteiger partial charge on any atom is -0.497 e. The van der Waals surface area contributed by atoms with Crippen molar-refractivity contribution >= 4 is 44.5 Å². The first-order valence-corrected chi connectivity index (χ1v) is 12.3. The van der Waals surface area contributed by atoms with Crippen LogP contribution in [0.4, 0.5) is 5.13 Å². The zero-order valence-electron chi connectivity index (χ0n) is 19.1. The summed E-state index contributed by atoms with van der Waals surface area (Å²) >= 11 is 3.13. The molecular weight excluding hydrogens is 450 g/mol. The lowest BCUT2D eigenvalue weighted by atomic mass is 9.98. The summed E-state index contributed by atoms with van der Waals surface area (Å²) in [5, 5.41) is 3.49. The fraction of sp³-hybridized carbons (Fsp3) is 0.231. The molecule has 1 atom stereocenters. The third kappa shape index (κ3) is 5.93. The van der Waals surface area contributed by atoms with E-state index in [4.69, 9.17) is 4.74 Å². The van der Waals surface area contributed by atoms with Gasteiger partial charge in [0.2, 0.25) is 0 Å². The molecule has 0 spiro atoms. The van der Waals surface area contributed by atoms with E-state index in [1.807, 2.05) is 60.7 Å². The topological polar surface area (TPSA) is 63.2 Å². The zero-order chi connectivity index (χ0) is 23.4. The Balaban J connectivity index is 1.51. The van der Waals surface area contributed by atoms with Crippen molar-refractivity contribution in [1.29, 1.82) is 0 Å². The molecule has 0 aliphatic carbocycles. The minimum atomic E-state index is -0.180. The molecule has 4 aromatic rings. The highest BCUT2D eigenvalue weighted by Crippen LogP contribution is 2.31. The van der Waals surface area contributed by atoms with Crippen LogP contribution in [0, 0.1) is 0 Å². The predicted octanol–water partition coefficient (Wildman–Crippen LogP) is 6.68. The first-order chi connectivity index (χ1) is 15.8. The normalized spacial score (nSPS) is 12.5. The highest BCUT2D eigenvalue weighted by atomic mass is 32.2. The molecule has 0 fully saturated rings. The Morgan fingerprint density at radius 1 is 1.00 bits per heavy atom.